The molecule has 0 bridgehead atoms. The van der Waals surface area contributed by atoms with E-state index in [1.165, 1.54) is 0 Å². The van der Waals surface area contributed by atoms with Crippen molar-refractivity contribution in [3.63, 3.8) is 0 Å². The second-order valence-electron chi connectivity index (χ2n) is 6.76. The van der Waals surface area contributed by atoms with Crippen molar-refractivity contribution in [1.29, 1.82) is 0 Å². The maximum Gasteiger partial charge on any atom is 0.251 e. The number of rotatable bonds is 6. The number of amides is 1. The fourth-order valence-electron chi connectivity index (χ4n) is 3.16. The van der Waals surface area contributed by atoms with Crippen LogP contribution >= 0.6 is 34.8 Å². The van der Waals surface area contributed by atoms with Crippen LogP contribution in [0.25, 0.3) is 0 Å². The first-order valence-electron chi connectivity index (χ1n) is 8.99. The molecule has 0 radical (unpaired) electrons. The molecule has 3 aromatic carbocycles. The van der Waals surface area contributed by atoms with Crippen LogP contribution in [0.5, 0.6) is 0 Å². The predicted molar refractivity (Wildman–Crippen MR) is 118 cm³/mol. The Morgan fingerprint density at radius 1 is 0.786 bits per heavy atom. The zero-order valence-corrected chi connectivity index (χ0v) is 17.6. The van der Waals surface area contributed by atoms with E-state index in [1.807, 2.05) is 55.5 Å². The van der Waals surface area contributed by atoms with Crippen LogP contribution in [0.15, 0.2) is 72.8 Å². The van der Waals surface area contributed by atoms with Gasteiger partial charge in [-0.25, -0.2) is 0 Å². The van der Waals surface area contributed by atoms with Gasteiger partial charge in [0.1, 0.15) is 0 Å². The third-order valence-corrected chi connectivity index (χ3v) is 5.49. The SMILES string of the molecule is C[C@@H](NC(=O)c1ccc(Cl)cc1)[C@H](Cc1ccc(Cl)cc1)c1ccc(Cl)cc1. The molecule has 0 spiro atoms. The van der Waals surface area contributed by atoms with Crippen LogP contribution in [-0.4, -0.2) is 11.9 Å². The normalized spacial score (nSPS) is 13.0. The summed E-state index contributed by atoms with van der Waals surface area (Å²) in [6.07, 6.45) is 0.765. The zero-order chi connectivity index (χ0) is 20.1. The van der Waals surface area contributed by atoms with Gasteiger partial charge in [-0.15, -0.1) is 0 Å². The summed E-state index contributed by atoms with van der Waals surface area (Å²) in [5.41, 5.74) is 2.85. The van der Waals surface area contributed by atoms with Crippen molar-refractivity contribution in [3.8, 4) is 0 Å². The van der Waals surface area contributed by atoms with Gasteiger partial charge in [-0.1, -0.05) is 59.1 Å². The second-order valence-corrected chi connectivity index (χ2v) is 8.07. The number of carbonyl (C=O) groups excluding carboxylic acids is 1. The molecular formula is C23H20Cl3NO. The van der Waals surface area contributed by atoms with E-state index in [1.54, 1.807) is 24.3 Å². The molecule has 0 heterocycles. The Balaban J connectivity index is 1.82. The molecule has 3 aromatic rings. The molecule has 0 aliphatic heterocycles. The Labute approximate surface area is 180 Å². The molecule has 0 aliphatic rings. The molecule has 1 N–H and O–H groups in total. The van der Waals surface area contributed by atoms with E-state index in [-0.39, 0.29) is 17.9 Å². The van der Waals surface area contributed by atoms with Crippen LogP contribution in [0.1, 0.15) is 34.3 Å². The summed E-state index contributed by atoms with van der Waals surface area (Å²) < 4.78 is 0. The molecule has 28 heavy (non-hydrogen) atoms. The second kappa shape index (κ2) is 9.47. The average Bonchev–Trinajstić information content (AvgIpc) is 2.68. The maximum atomic E-state index is 12.7. The summed E-state index contributed by atoms with van der Waals surface area (Å²) >= 11 is 18.0. The van der Waals surface area contributed by atoms with Gasteiger partial charge in [0, 0.05) is 32.6 Å². The molecule has 144 valence electrons. The van der Waals surface area contributed by atoms with Crippen LogP contribution in [0, 0.1) is 0 Å². The van der Waals surface area contributed by atoms with Crippen molar-refractivity contribution in [2.45, 2.75) is 25.3 Å². The van der Waals surface area contributed by atoms with Crippen LogP contribution < -0.4 is 5.32 Å². The predicted octanol–water partition coefficient (Wildman–Crippen LogP) is 6.79. The molecule has 0 aliphatic carbocycles. The number of halogens is 3. The van der Waals surface area contributed by atoms with E-state index in [4.69, 9.17) is 34.8 Å². The highest BCUT2D eigenvalue weighted by molar-refractivity contribution is 6.31. The van der Waals surface area contributed by atoms with E-state index in [0.29, 0.717) is 20.6 Å². The topological polar surface area (TPSA) is 29.1 Å². The molecule has 5 heteroatoms. The van der Waals surface area contributed by atoms with Gasteiger partial charge in [0.25, 0.3) is 5.91 Å². The van der Waals surface area contributed by atoms with E-state index in [0.717, 1.165) is 17.5 Å². The van der Waals surface area contributed by atoms with Crippen molar-refractivity contribution in [3.05, 3.63) is 105 Å². The number of hydrogen-bond donors (Lipinski definition) is 1. The number of nitrogens with one attached hydrogen (secondary N) is 1. The minimum atomic E-state index is -0.126. The van der Waals surface area contributed by atoms with Crippen LogP contribution in [0.4, 0.5) is 0 Å². The first-order chi connectivity index (χ1) is 13.4. The van der Waals surface area contributed by atoms with Crippen molar-refractivity contribution in [2.75, 3.05) is 0 Å². The largest absolute Gasteiger partial charge is 0.349 e. The minimum Gasteiger partial charge on any atom is -0.349 e. The van der Waals surface area contributed by atoms with Gasteiger partial charge in [0.05, 0.1) is 0 Å². The van der Waals surface area contributed by atoms with Crippen molar-refractivity contribution in [1.82, 2.24) is 5.32 Å². The van der Waals surface area contributed by atoms with Gasteiger partial charge in [-0.2, -0.15) is 0 Å². The lowest BCUT2D eigenvalue weighted by Gasteiger charge is -2.26. The third-order valence-electron chi connectivity index (χ3n) is 4.74. The van der Waals surface area contributed by atoms with Gasteiger partial charge in [-0.3, -0.25) is 4.79 Å². The molecule has 0 fully saturated rings. The molecule has 0 aromatic heterocycles. The summed E-state index contributed by atoms with van der Waals surface area (Å²) in [5.74, 6) is -0.0473. The van der Waals surface area contributed by atoms with E-state index in [9.17, 15) is 4.79 Å². The fraction of sp³-hybridized carbons (Fsp3) is 0.174. The van der Waals surface area contributed by atoms with Gasteiger partial charge in [-0.05, 0) is 73.0 Å². The van der Waals surface area contributed by atoms with E-state index in [2.05, 4.69) is 5.32 Å². The maximum absolute atomic E-state index is 12.7. The van der Waals surface area contributed by atoms with Gasteiger partial charge < -0.3 is 5.32 Å². The number of benzene rings is 3. The van der Waals surface area contributed by atoms with Gasteiger partial charge >= 0.3 is 0 Å². The third kappa shape index (κ3) is 5.51. The lowest BCUT2D eigenvalue weighted by Crippen LogP contribution is -2.37. The first kappa shape index (κ1) is 20.7. The molecule has 2 nitrogen and oxygen atoms in total. The van der Waals surface area contributed by atoms with Crippen molar-refractivity contribution >= 4 is 40.7 Å². The summed E-state index contributed by atoms with van der Waals surface area (Å²) in [5, 5.41) is 5.11. The molecule has 0 saturated heterocycles. The smallest absolute Gasteiger partial charge is 0.251 e. The Morgan fingerprint density at radius 2 is 1.25 bits per heavy atom. The number of carbonyl (C=O) groups is 1. The van der Waals surface area contributed by atoms with Gasteiger partial charge in [0.15, 0.2) is 0 Å². The van der Waals surface area contributed by atoms with Gasteiger partial charge in [0.2, 0.25) is 0 Å². The Morgan fingerprint density at radius 3 is 1.79 bits per heavy atom. The molecule has 1 amide bonds. The highest BCUT2D eigenvalue weighted by atomic mass is 35.5. The summed E-state index contributed by atoms with van der Waals surface area (Å²) in [4.78, 5) is 12.7. The van der Waals surface area contributed by atoms with Crippen LogP contribution in [0.3, 0.4) is 0 Å². The molecule has 3 rings (SSSR count). The lowest BCUT2D eigenvalue weighted by molar-refractivity contribution is 0.0934. The Bertz CT molecular complexity index is 922. The summed E-state index contributed by atoms with van der Waals surface area (Å²) in [6.45, 7) is 2.02. The highest BCUT2D eigenvalue weighted by Crippen LogP contribution is 2.27. The van der Waals surface area contributed by atoms with Crippen LogP contribution in [-0.2, 0) is 6.42 Å². The molecule has 2 atom stereocenters. The average molecular weight is 433 g/mol. The Kier molecular flexibility index (Phi) is 7.01. The van der Waals surface area contributed by atoms with Crippen molar-refractivity contribution < 1.29 is 4.79 Å². The monoisotopic (exact) mass is 431 g/mol. The van der Waals surface area contributed by atoms with Crippen LogP contribution in [0.2, 0.25) is 15.1 Å². The summed E-state index contributed by atoms with van der Waals surface area (Å²) in [7, 11) is 0. The first-order valence-corrected chi connectivity index (χ1v) is 10.1. The molecule has 0 saturated carbocycles. The molecular weight excluding hydrogens is 413 g/mol. The number of hydrogen-bond acceptors (Lipinski definition) is 1. The quantitative estimate of drug-likeness (QED) is 0.456. The highest BCUT2D eigenvalue weighted by Gasteiger charge is 2.22. The van der Waals surface area contributed by atoms with E-state index < -0.39 is 0 Å². The zero-order valence-electron chi connectivity index (χ0n) is 15.3. The fourth-order valence-corrected chi connectivity index (χ4v) is 3.54. The van der Waals surface area contributed by atoms with E-state index >= 15 is 0 Å². The standard InChI is InChI=1S/C23H20Cl3NO/c1-15(27-23(28)18-6-12-21(26)13-7-18)22(17-4-10-20(25)11-5-17)14-16-2-8-19(24)9-3-16/h2-13,15,22H,14H2,1H3,(H,27,28)/t15-,22+/m1/s1. The minimum absolute atomic E-state index is 0.0784. The molecule has 0 unspecified atom stereocenters. The van der Waals surface area contributed by atoms with Crippen molar-refractivity contribution in [2.24, 2.45) is 0 Å². The Hall–Kier alpha value is -2.00. The summed E-state index contributed by atoms with van der Waals surface area (Å²) in [6, 6.07) is 22.3. The lowest BCUT2D eigenvalue weighted by atomic mass is 9.86.